The van der Waals surface area contributed by atoms with E-state index in [4.69, 9.17) is 4.74 Å². The van der Waals surface area contributed by atoms with Crippen LogP contribution >= 0.6 is 0 Å². The second-order valence-electron chi connectivity index (χ2n) is 18.9. The van der Waals surface area contributed by atoms with Crippen LogP contribution < -0.4 is 5.32 Å². The standard InChI is InChI=1S/C58H107NO5/c1-3-5-7-9-11-13-15-17-19-20-21-23-26-30-34-38-42-46-50-56(61)55(54-60)59-57(62)51-47-43-39-35-31-27-24-22-25-29-33-37-41-45-49-53-64-58(63)52-48-44-40-36-32-28-18-16-14-12-10-8-6-4-2/h10,12,16,18,25,29,46,50,55-56,60-61H,3-9,11,13-15,17,19-24,26-28,30-45,47-49,51-54H2,1-2H3,(H,59,62)/b12-10-,18-16-,29-25-,50-46+. The van der Waals surface area contributed by atoms with Gasteiger partial charge >= 0.3 is 5.97 Å². The van der Waals surface area contributed by atoms with Gasteiger partial charge in [0, 0.05) is 12.8 Å². The molecule has 1 amide bonds. The first kappa shape index (κ1) is 61.8. The second-order valence-corrected chi connectivity index (χ2v) is 18.9. The minimum absolute atomic E-state index is 0.0263. The van der Waals surface area contributed by atoms with Crippen LogP contribution in [-0.2, 0) is 14.3 Å². The van der Waals surface area contributed by atoms with E-state index in [2.05, 4.69) is 55.6 Å². The fourth-order valence-corrected chi connectivity index (χ4v) is 8.23. The van der Waals surface area contributed by atoms with Gasteiger partial charge in [-0.05, 0) is 83.5 Å². The zero-order valence-electron chi connectivity index (χ0n) is 42.5. The van der Waals surface area contributed by atoms with Crippen molar-refractivity contribution in [3.63, 3.8) is 0 Å². The summed E-state index contributed by atoms with van der Waals surface area (Å²) in [6.07, 6.45) is 66.9. The molecule has 0 saturated carbocycles. The Morgan fingerprint density at radius 1 is 0.438 bits per heavy atom. The molecule has 0 aliphatic carbocycles. The van der Waals surface area contributed by atoms with E-state index in [9.17, 15) is 19.8 Å². The second kappa shape index (κ2) is 53.4. The molecule has 2 atom stereocenters. The van der Waals surface area contributed by atoms with Crippen LogP contribution in [0.15, 0.2) is 48.6 Å². The lowest BCUT2D eigenvalue weighted by atomic mass is 10.0. The van der Waals surface area contributed by atoms with Gasteiger partial charge < -0.3 is 20.3 Å². The van der Waals surface area contributed by atoms with Crippen LogP contribution in [0.4, 0.5) is 0 Å². The highest BCUT2D eigenvalue weighted by Gasteiger charge is 2.18. The number of hydrogen-bond acceptors (Lipinski definition) is 5. The molecule has 0 bridgehead atoms. The molecule has 374 valence electrons. The van der Waals surface area contributed by atoms with E-state index in [-0.39, 0.29) is 18.5 Å². The van der Waals surface area contributed by atoms with Crippen molar-refractivity contribution in [3.8, 4) is 0 Å². The summed E-state index contributed by atoms with van der Waals surface area (Å²) >= 11 is 0. The number of hydrogen-bond donors (Lipinski definition) is 3. The lowest BCUT2D eigenvalue weighted by molar-refractivity contribution is -0.143. The highest BCUT2D eigenvalue weighted by atomic mass is 16.5. The molecule has 0 spiro atoms. The van der Waals surface area contributed by atoms with Gasteiger partial charge in [-0.15, -0.1) is 0 Å². The van der Waals surface area contributed by atoms with Crippen molar-refractivity contribution in [2.45, 2.75) is 296 Å². The van der Waals surface area contributed by atoms with E-state index in [1.807, 2.05) is 6.08 Å². The highest BCUT2D eigenvalue weighted by Crippen LogP contribution is 2.16. The average Bonchev–Trinajstić information content (AvgIpc) is 3.29. The summed E-state index contributed by atoms with van der Waals surface area (Å²) in [4.78, 5) is 24.5. The molecule has 0 fully saturated rings. The predicted molar refractivity (Wildman–Crippen MR) is 278 cm³/mol. The summed E-state index contributed by atoms with van der Waals surface area (Å²) < 4.78 is 5.45. The maximum Gasteiger partial charge on any atom is 0.305 e. The lowest BCUT2D eigenvalue weighted by Gasteiger charge is -2.20. The van der Waals surface area contributed by atoms with Crippen LogP contribution in [0, 0.1) is 0 Å². The number of carbonyl (C=O) groups is 2. The van der Waals surface area contributed by atoms with E-state index in [0.29, 0.717) is 19.4 Å². The first-order valence-electron chi connectivity index (χ1n) is 27.9. The first-order valence-corrected chi connectivity index (χ1v) is 27.9. The van der Waals surface area contributed by atoms with Crippen LogP contribution in [-0.4, -0.2) is 47.4 Å². The largest absolute Gasteiger partial charge is 0.466 e. The third-order valence-corrected chi connectivity index (χ3v) is 12.6. The number of esters is 1. The number of amides is 1. The lowest BCUT2D eigenvalue weighted by Crippen LogP contribution is -2.45. The van der Waals surface area contributed by atoms with Gasteiger partial charge in [-0.2, -0.15) is 0 Å². The Bertz CT molecular complexity index is 1080. The Balaban J connectivity index is 3.53. The molecule has 0 aliphatic heterocycles. The molecular weight excluding hydrogens is 791 g/mol. The zero-order valence-corrected chi connectivity index (χ0v) is 42.5. The van der Waals surface area contributed by atoms with Crippen LogP contribution in [0.1, 0.15) is 284 Å². The van der Waals surface area contributed by atoms with Crippen molar-refractivity contribution in [1.29, 1.82) is 0 Å². The van der Waals surface area contributed by atoms with Crippen molar-refractivity contribution in [3.05, 3.63) is 48.6 Å². The van der Waals surface area contributed by atoms with Gasteiger partial charge in [0.2, 0.25) is 5.91 Å². The summed E-state index contributed by atoms with van der Waals surface area (Å²) in [7, 11) is 0. The van der Waals surface area contributed by atoms with E-state index in [0.717, 1.165) is 83.5 Å². The topological polar surface area (TPSA) is 95.9 Å². The van der Waals surface area contributed by atoms with Gasteiger partial charge in [0.05, 0.1) is 25.4 Å². The highest BCUT2D eigenvalue weighted by molar-refractivity contribution is 5.76. The molecule has 0 heterocycles. The van der Waals surface area contributed by atoms with Crippen molar-refractivity contribution >= 4 is 11.9 Å². The average molecular weight is 898 g/mol. The number of allylic oxidation sites excluding steroid dienone is 7. The van der Waals surface area contributed by atoms with Gasteiger partial charge in [-0.25, -0.2) is 0 Å². The molecule has 0 aromatic rings. The number of unbranched alkanes of at least 4 members (excludes halogenated alkanes) is 34. The SMILES string of the molecule is CCCC/C=C\C/C=C\CCCCCCCC(=O)OCCCCCC/C=C\CCCCCCCCCC(=O)NC(CO)C(O)/C=C/CCCCCCCCCCCCCCCCCC. The molecule has 0 aromatic heterocycles. The van der Waals surface area contributed by atoms with Crippen molar-refractivity contribution in [2.24, 2.45) is 0 Å². The molecule has 64 heavy (non-hydrogen) atoms. The zero-order chi connectivity index (χ0) is 46.5. The number of carbonyl (C=O) groups excluding carboxylic acids is 2. The normalized spacial score (nSPS) is 13.0. The van der Waals surface area contributed by atoms with Crippen molar-refractivity contribution < 1.29 is 24.5 Å². The molecular formula is C58H107NO5. The fourth-order valence-electron chi connectivity index (χ4n) is 8.23. The fraction of sp³-hybridized carbons (Fsp3) is 0.828. The van der Waals surface area contributed by atoms with Crippen LogP contribution in [0.25, 0.3) is 0 Å². The maximum absolute atomic E-state index is 12.5. The van der Waals surface area contributed by atoms with Gasteiger partial charge in [-0.1, -0.05) is 236 Å². The third kappa shape index (κ3) is 49.3. The van der Waals surface area contributed by atoms with Crippen LogP contribution in [0.3, 0.4) is 0 Å². The molecule has 3 N–H and O–H groups in total. The number of rotatable bonds is 51. The summed E-state index contributed by atoms with van der Waals surface area (Å²) in [5.74, 6) is -0.110. The Labute approximate surface area is 397 Å². The van der Waals surface area contributed by atoms with E-state index in [1.165, 1.54) is 173 Å². The van der Waals surface area contributed by atoms with Gasteiger partial charge in [0.1, 0.15) is 0 Å². The molecule has 6 heteroatoms. The molecule has 2 unspecified atom stereocenters. The van der Waals surface area contributed by atoms with E-state index in [1.54, 1.807) is 6.08 Å². The Hall–Kier alpha value is -2.18. The Morgan fingerprint density at radius 2 is 0.797 bits per heavy atom. The Morgan fingerprint density at radius 3 is 1.25 bits per heavy atom. The van der Waals surface area contributed by atoms with E-state index < -0.39 is 12.1 Å². The smallest absolute Gasteiger partial charge is 0.305 e. The number of aliphatic hydroxyl groups excluding tert-OH is 2. The van der Waals surface area contributed by atoms with Gasteiger partial charge in [0.25, 0.3) is 0 Å². The minimum atomic E-state index is -0.856. The first-order chi connectivity index (χ1) is 31.5. The van der Waals surface area contributed by atoms with Crippen molar-refractivity contribution in [2.75, 3.05) is 13.2 Å². The molecule has 0 saturated heterocycles. The van der Waals surface area contributed by atoms with Crippen molar-refractivity contribution in [1.82, 2.24) is 5.32 Å². The summed E-state index contributed by atoms with van der Waals surface area (Å²) in [5, 5.41) is 23.1. The molecule has 0 aromatic carbocycles. The predicted octanol–water partition coefficient (Wildman–Crippen LogP) is 17.0. The minimum Gasteiger partial charge on any atom is -0.466 e. The van der Waals surface area contributed by atoms with Crippen LogP contribution in [0.5, 0.6) is 0 Å². The summed E-state index contributed by atoms with van der Waals surface area (Å²) in [6.45, 7) is 4.82. The third-order valence-electron chi connectivity index (χ3n) is 12.6. The maximum atomic E-state index is 12.5. The summed E-state index contributed by atoms with van der Waals surface area (Å²) in [5.41, 5.74) is 0. The van der Waals surface area contributed by atoms with E-state index >= 15 is 0 Å². The quantitative estimate of drug-likeness (QED) is 0.0321. The monoisotopic (exact) mass is 898 g/mol. The number of aliphatic hydroxyl groups is 2. The van der Waals surface area contributed by atoms with Crippen LogP contribution in [0.2, 0.25) is 0 Å². The summed E-state index contributed by atoms with van der Waals surface area (Å²) in [6, 6.07) is -0.641. The Kier molecular flexibility index (Phi) is 51.6. The molecule has 0 radical (unpaired) electrons. The van der Waals surface area contributed by atoms with Gasteiger partial charge in [0.15, 0.2) is 0 Å². The number of nitrogens with one attached hydrogen (secondary N) is 1. The molecule has 0 aliphatic rings. The number of ether oxygens (including phenoxy) is 1. The molecule has 0 rings (SSSR count). The van der Waals surface area contributed by atoms with Gasteiger partial charge in [-0.3, -0.25) is 9.59 Å². The molecule has 6 nitrogen and oxygen atoms in total.